The van der Waals surface area contributed by atoms with Crippen LogP contribution in [0.25, 0.3) is 11.4 Å². The average Bonchev–Trinajstić information content (AvgIpc) is 2.79. The molecule has 2 N–H and O–H groups in total. The molecule has 0 saturated heterocycles. The predicted octanol–water partition coefficient (Wildman–Crippen LogP) is 0.147. The number of sulfonamides is 1. The van der Waals surface area contributed by atoms with Crippen molar-refractivity contribution in [3.8, 4) is 22.9 Å². The third-order valence-electron chi connectivity index (χ3n) is 2.74. The van der Waals surface area contributed by atoms with Crippen molar-refractivity contribution in [2.45, 2.75) is 5.16 Å². The Morgan fingerprint density at radius 3 is 2.40 bits per heavy atom. The first-order valence-corrected chi connectivity index (χ1v) is 7.07. The fraction of sp³-hybridized carbons (Fsp3) is 0.273. The summed E-state index contributed by atoms with van der Waals surface area (Å²) < 4.78 is 34.4. The van der Waals surface area contributed by atoms with E-state index in [1.807, 2.05) is 0 Å². The van der Waals surface area contributed by atoms with Crippen LogP contribution < -0.4 is 14.6 Å². The smallest absolute Gasteiger partial charge is 0.273 e. The maximum atomic E-state index is 11.4. The van der Waals surface area contributed by atoms with Crippen molar-refractivity contribution in [2.75, 3.05) is 14.2 Å². The van der Waals surface area contributed by atoms with Crippen LogP contribution in [0.3, 0.4) is 0 Å². The van der Waals surface area contributed by atoms with Crippen molar-refractivity contribution in [2.24, 2.45) is 12.2 Å². The molecule has 0 spiro atoms. The number of hydrogen-bond acceptors (Lipinski definition) is 6. The normalized spacial score (nSPS) is 11.4. The van der Waals surface area contributed by atoms with E-state index < -0.39 is 10.0 Å². The first-order valence-electron chi connectivity index (χ1n) is 5.53. The first kappa shape index (κ1) is 14.3. The largest absolute Gasteiger partial charge is 0.497 e. The lowest BCUT2D eigenvalue weighted by atomic mass is 10.2. The van der Waals surface area contributed by atoms with Gasteiger partial charge in [-0.2, -0.15) is 0 Å². The summed E-state index contributed by atoms with van der Waals surface area (Å²) in [5.41, 5.74) is 0.582. The topological polar surface area (TPSA) is 109 Å². The van der Waals surface area contributed by atoms with Crippen molar-refractivity contribution < 1.29 is 17.9 Å². The molecule has 0 amide bonds. The molecular weight excluding hydrogens is 284 g/mol. The van der Waals surface area contributed by atoms with Crippen LogP contribution in [0.2, 0.25) is 0 Å². The minimum Gasteiger partial charge on any atom is -0.497 e. The summed E-state index contributed by atoms with van der Waals surface area (Å²) in [6.07, 6.45) is 0. The van der Waals surface area contributed by atoms with Gasteiger partial charge in [0.25, 0.3) is 15.2 Å². The number of benzene rings is 1. The predicted molar refractivity (Wildman–Crippen MR) is 70.9 cm³/mol. The second-order valence-corrected chi connectivity index (χ2v) is 5.43. The Morgan fingerprint density at radius 2 is 1.90 bits per heavy atom. The molecule has 0 aliphatic carbocycles. The molecule has 0 radical (unpaired) electrons. The van der Waals surface area contributed by atoms with Crippen molar-refractivity contribution in [3.63, 3.8) is 0 Å². The molecule has 8 nitrogen and oxygen atoms in total. The Hall–Kier alpha value is -2.13. The number of methoxy groups -OCH3 is 2. The molecule has 1 aromatic carbocycles. The highest BCUT2D eigenvalue weighted by atomic mass is 32.2. The summed E-state index contributed by atoms with van der Waals surface area (Å²) in [6, 6.07) is 5.08. The number of nitrogens with zero attached hydrogens (tertiary/aromatic N) is 3. The summed E-state index contributed by atoms with van der Waals surface area (Å²) in [7, 11) is 0.616. The minimum absolute atomic E-state index is 0.314. The second kappa shape index (κ2) is 5.10. The zero-order chi connectivity index (χ0) is 14.9. The highest BCUT2D eigenvalue weighted by molar-refractivity contribution is 7.89. The summed E-state index contributed by atoms with van der Waals surface area (Å²) in [5, 5.41) is 12.2. The van der Waals surface area contributed by atoms with Crippen molar-refractivity contribution >= 4 is 10.0 Å². The van der Waals surface area contributed by atoms with E-state index in [9.17, 15) is 8.42 Å². The summed E-state index contributed by atoms with van der Waals surface area (Å²) in [4.78, 5) is 0. The molecule has 2 aromatic rings. The molecule has 0 aliphatic heterocycles. The van der Waals surface area contributed by atoms with Gasteiger partial charge in [0.15, 0.2) is 5.82 Å². The molecule has 9 heteroatoms. The molecule has 0 saturated carbocycles. The lowest BCUT2D eigenvalue weighted by Gasteiger charge is -2.10. The van der Waals surface area contributed by atoms with Crippen LogP contribution in [0, 0.1) is 0 Å². The van der Waals surface area contributed by atoms with Gasteiger partial charge in [-0.05, 0) is 12.1 Å². The molecule has 1 heterocycles. The van der Waals surface area contributed by atoms with Gasteiger partial charge in [0.2, 0.25) is 0 Å². The Morgan fingerprint density at radius 1 is 1.20 bits per heavy atom. The fourth-order valence-corrected chi connectivity index (χ4v) is 2.40. The van der Waals surface area contributed by atoms with E-state index in [-0.39, 0.29) is 5.16 Å². The van der Waals surface area contributed by atoms with Crippen LogP contribution in [-0.4, -0.2) is 37.4 Å². The molecule has 2 rings (SSSR count). The Kier molecular flexibility index (Phi) is 3.64. The van der Waals surface area contributed by atoms with E-state index in [2.05, 4.69) is 10.2 Å². The van der Waals surface area contributed by atoms with Gasteiger partial charge in [-0.15, -0.1) is 10.2 Å². The van der Waals surface area contributed by atoms with E-state index in [1.165, 1.54) is 25.8 Å². The van der Waals surface area contributed by atoms with Crippen molar-refractivity contribution in [1.82, 2.24) is 14.8 Å². The van der Waals surface area contributed by atoms with E-state index in [1.54, 1.807) is 18.2 Å². The maximum absolute atomic E-state index is 11.4. The fourth-order valence-electron chi connectivity index (χ4n) is 1.78. The molecule has 0 atom stereocenters. The first-order chi connectivity index (χ1) is 9.38. The number of primary sulfonamides is 1. The standard InChI is InChI=1S/C11H14N4O4S/c1-15-10(13-14-11(15)20(12,16)17)8-5-4-7(18-2)6-9(8)19-3/h4-6H,1-3H3,(H2,12,16,17). The molecule has 0 bridgehead atoms. The molecule has 1 aromatic heterocycles. The number of hydrogen-bond donors (Lipinski definition) is 1. The summed E-state index contributed by atoms with van der Waals surface area (Å²) in [6.45, 7) is 0. The van der Waals surface area contributed by atoms with Crippen LogP contribution in [0.4, 0.5) is 0 Å². The third kappa shape index (κ3) is 2.45. The molecule has 20 heavy (non-hydrogen) atoms. The SMILES string of the molecule is COc1ccc(-c2nnc(S(N)(=O)=O)n2C)c(OC)c1. The molecule has 0 aliphatic rings. The van der Waals surface area contributed by atoms with E-state index >= 15 is 0 Å². The lowest BCUT2D eigenvalue weighted by Crippen LogP contribution is -2.17. The average molecular weight is 298 g/mol. The molecular formula is C11H14N4O4S. The molecule has 0 fully saturated rings. The maximum Gasteiger partial charge on any atom is 0.273 e. The summed E-state index contributed by atoms with van der Waals surface area (Å²) >= 11 is 0. The number of aromatic nitrogens is 3. The van der Waals surface area contributed by atoms with Crippen LogP contribution >= 0.6 is 0 Å². The van der Waals surface area contributed by atoms with E-state index in [0.717, 1.165) is 0 Å². The lowest BCUT2D eigenvalue weighted by molar-refractivity contribution is 0.395. The van der Waals surface area contributed by atoms with Gasteiger partial charge >= 0.3 is 0 Å². The molecule has 108 valence electrons. The number of ether oxygens (including phenoxy) is 2. The monoisotopic (exact) mass is 298 g/mol. The van der Waals surface area contributed by atoms with Crippen LogP contribution in [0.1, 0.15) is 0 Å². The van der Waals surface area contributed by atoms with E-state index in [0.29, 0.717) is 22.9 Å². The Bertz CT molecular complexity index is 739. The van der Waals surface area contributed by atoms with Gasteiger partial charge in [0, 0.05) is 13.1 Å². The van der Waals surface area contributed by atoms with Crippen molar-refractivity contribution in [3.05, 3.63) is 18.2 Å². The zero-order valence-electron chi connectivity index (χ0n) is 11.2. The quantitative estimate of drug-likeness (QED) is 0.860. The Labute approximate surface area is 116 Å². The zero-order valence-corrected chi connectivity index (χ0v) is 12.0. The third-order valence-corrected chi connectivity index (χ3v) is 3.60. The van der Waals surface area contributed by atoms with Gasteiger partial charge in [0.1, 0.15) is 11.5 Å². The highest BCUT2D eigenvalue weighted by Gasteiger charge is 2.21. The second-order valence-electron chi connectivity index (χ2n) is 3.98. The van der Waals surface area contributed by atoms with Gasteiger partial charge in [-0.1, -0.05) is 0 Å². The van der Waals surface area contributed by atoms with Gasteiger partial charge in [0.05, 0.1) is 19.8 Å². The van der Waals surface area contributed by atoms with Gasteiger partial charge in [-0.3, -0.25) is 4.57 Å². The summed E-state index contributed by atoms with van der Waals surface area (Å²) in [5.74, 6) is 1.42. The highest BCUT2D eigenvalue weighted by Crippen LogP contribution is 2.32. The van der Waals surface area contributed by atoms with Gasteiger partial charge < -0.3 is 9.47 Å². The van der Waals surface area contributed by atoms with Crippen LogP contribution in [0.15, 0.2) is 23.4 Å². The van der Waals surface area contributed by atoms with Crippen LogP contribution in [-0.2, 0) is 17.1 Å². The number of rotatable bonds is 4. The molecule has 0 unspecified atom stereocenters. The van der Waals surface area contributed by atoms with E-state index in [4.69, 9.17) is 14.6 Å². The van der Waals surface area contributed by atoms with Crippen molar-refractivity contribution in [1.29, 1.82) is 0 Å². The van der Waals surface area contributed by atoms with Crippen LogP contribution in [0.5, 0.6) is 11.5 Å². The minimum atomic E-state index is -3.93. The number of nitrogens with two attached hydrogens (primary N) is 1. The Balaban J connectivity index is 2.61. The van der Waals surface area contributed by atoms with Gasteiger partial charge in [-0.25, -0.2) is 13.6 Å².